The summed E-state index contributed by atoms with van der Waals surface area (Å²) in [6.07, 6.45) is 0. The Morgan fingerprint density at radius 2 is 2.07 bits per heavy atom. The van der Waals surface area contributed by atoms with Gasteiger partial charge in [0.15, 0.2) is 0 Å². The van der Waals surface area contributed by atoms with Gasteiger partial charge in [-0.2, -0.15) is 0 Å². The highest BCUT2D eigenvalue weighted by Crippen LogP contribution is 2.25. The summed E-state index contributed by atoms with van der Waals surface area (Å²) in [5.41, 5.74) is 3.04. The second kappa shape index (κ2) is 3.46. The summed E-state index contributed by atoms with van der Waals surface area (Å²) in [5.74, 6) is 0. The number of hydrogen-bond acceptors (Lipinski definition) is 2. The number of hydrogen-bond donors (Lipinski definition) is 1. The molecule has 0 aliphatic rings. The molecule has 0 saturated carbocycles. The Balaban J connectivity index is 2.81. The normalized spacial score (nSPS) is 10.5. The van der Waals surface area contributed by atoms with E-state index in [-0.39, 0.29) is 0 Å². The van der Waals surface area contributed by atoms with Crippen molar-refractivity contribution in [1.82, 2.24) is 4.98 Å². The molecular formula is C11H11ClN2. The zero-order chi connectivity index (χ0) is 10.1. The molecule has 0 spiro atoms. The smallest absolute Gasteiger partial charge is 0.0726 e. The molecule has 1 N–H and O–H groups in total. The summed E-state index contributed by atoms with van der Waals surface area (Å²) < 4.78 is 0. The van der Waals surface area contributed by atoms with Crippen LogP contribution in [-0.2, 0) is 0 Å². The van der Waals surface area contributed by atoms with Crippen LogP contribution in [0.3, 0.4) is 0 Å². The van der Waals surface area contributed by atoms with Gasteiger partial charge in [-0.3, -0.25) is 4.98 Å². The molecule has 0 aliphatic heterocycles. The largest absolute Gasteiger partial charge is 0.388 e. The minimum absolute atomic E-state index is 0.736. The molecule has 0 fully saturated rings. The molecule has 0 radical (unpaired) electrons. The van der Waals surface area contributed by atoms with E-state index in [0.717, 1.165) is 27.3 Å². The lowest BCUT2D eigenvalue weighted by molar-refractivity contribution is 1.25. The topological polar surface area (TPSA) is 24.9 Å². The average molecular weight is 207 g/mol. The monoisotopic (exact) mass is 206 g/mol. The van der Waals surface area contributed by atoms with E-state index in [2.05, 4.69) is 10.3 Å². The van der Waals surface area contributed by atoms with Crippen molar-refractivity contribution in [3.8, 4) is 0 Å². The molecular weight excluding hydrogens is 196 g/mol. The number of aryl methyl sites for hydroxylation is 1. The molecule has 2 aromatic rings. The van der Waals surface area contributed by atoms with E-state index in [0.29, 0.717) is 0 Å². The van der Waals surface area contributed by atoms with Crippen molar-refractivity contribution in [2.75, 3.05) is 12.4 Å². The standard InChI is InChI=1S/C11H11ClN2/c1-7-5-11(13-2)9-6-8(12)3-4-10(9)14-7/h3-6H,1-2H3,(H,13,14). The van der Waals surface area contributed by atoms with Crippen LogP contribution in [-0.4, -0.2) is 12.0 Å². The van der Waals surface area contributed by atoms with E-state index in [1.54, 1.807) is 0 Å². The molecule has 2 rings (SSSR count). The lowest BCUT2D eigenvalue weighted by atomic mass is 10.1. The molecule has 0 aliphatic carbocycles. The maximum absolute atomic E-state index is 5.93. The molecule has 0 unspecified atom stereocenters. The summed E-state index contributed by atoms with van der Waals surface area (Å²) in [7, 11) is 1.90. The van der Waals surface area contributed by atoms with Crippen LogP contribution < -0.4 is 5.32 Å². The van der Waals surface area contributed by atoms with Crippen LogP contribution in [0.2, 0.25) is 5.02 Å². The van der Waals surface area contributed by atoms with E-state index < -0.39 is 0 Å². The maximum Gasteiger partial charge on any atom is 0.0726 e. The van der Waals surface area contributed by atoms with Gasteiger partial charge in [0.25, 0.3) is 0 Å². The fraction of sp³-hybridized carbons (Fsp3) is 0.182. The molecule has 2 nitrogen and oxygen atoms in total. The summed E-state index contributed by atoms with van der Waals surface area (Å²) in [5, 5.41) is 4.94. The Bertz CT molecular complexity index is 480. The van der Waals surface area contributed by atoms with Gasteiger partial charge in [0, 0.05) is 28.8 Å². The van der Waals surface area contributed by atoms with Crippen LogP contribution in [0.1, 0.15) is 5.69 Å². The Morgan fingerprint density at radius 3 is 2.79 bits per heavy atom. The number of aromatic nitrogens is 1. The Kier molecular flexibility index (Phi) is 2.30. The van der Waals surface area contributed by atoms with E-state index in [1.165, 1.54) is 0 Å². The second-order valence-electron chi connectivity index (χ2n) is 3.22. The van der Waals surface area contributed by atoms with Gasteiger partial charge in [-0.05, 0) is 31.2 Å². The van der Waals surface area contributed by atoms with Crippen molar-refractivity contribution in [2.45, 2.75) is 6.92 Å². The van der Waals surface area contributed by atoms with Gasteiger partial charge in [0.2, 0.25) is 0 Å². The summed E-state index contributed by atoms with van der Waals surface area (Å²) in [4.78, 5) is 4.43. The maximum atomic E-state index is 5.93. The number of anilines is 1. The van der Waals surface area contributed by atoms with Crippen molar-refractivity contribution in [3.05, 3.63) is 35.0 Å². The quantitative estimate of drug-likeness (QED) is 0.775. The van der Waals surface area contributed by atoms with Crippen molar-refractivity contribution in [2.24, 2.45) is 0 Å². The number of benzene rings is 1. The highest BCUT2D eigenvalue weighted by molar-refractivity contribution is 6.31. The third-order valence-electron chi connectivity index (χ3n) is 2.17. The van der Waals surface area contributed by atoms with Crippen molar-refractivity contribution >= 4 is 28.2 Å². The molecule has 0 bridgehead atoms. The van der Waals surface area contributed by atoms with E-state index >= 15 is 0 Å². The lowest BCUT2D eigenvalue weighted by Crippen LogP contribution is -1.93. The summed E-state index contributed by atoms with van der Waals surface area (Å²) >= 11 is 5.93. The van der Waals surface area contributed by atoms with Crippen LogP contribution in [0, 0.1) is 6.92 Å². The molecule has 72 valence electrons. The summed E-state index contributed by atoms with van der Waals surface area (Å²) in [6, 6.07) is 7.73. The van der Waals surface area contributed by atoms with Gasteiger partial charge >= 0.3 is 0 Å². The van der Waals surface area contributed by atoms with Gasteiger partial charge in [0.05, 0.1) is 5.52 Å². The Morgan fingerprint density at radius 1 is 1.29 bits per heavy atom. The van der Waals surface area contributed by atoms with Gasteiger partial charge in [-0.25, -0.2) is 0 Å². The van der Waals surface area contributed by atoms with Crippen LogP contribution in [0.15, 0.2) is 24.3 Å². The first-order chi connectivity index (χ1) is 6.70. The third-order valence-corrected chi connectivity index (χ3v) is 2.40. The molecule has 1 heterocycles. The fourth-order valence-electron chi connectivity index (χ4n) is 1.54. The molecule has 0 amide bonds. The number of pyridine rings is 1. The van der Waals surface area contributed by atoms with E-state index in [1.807, 2.05) is 38.2 Å². The van der Waals surface area contributed by atoms with Crippen molar-refractivity contribution in [3.63, 3.8) is 0 Å². The lowest BCUT2D eigenvalue weighted by Gasteiger charge is -2.07. The second-order valence-corrected chi connectivity index (χ2v) is 3.66. The highest BCUT2D eigenvalue weighted by Gasteiger charge is 2.02. The predicted molar refractivity (Wildman–Crippen MR) is 61.0 cm³/mol. The first-order valence-corrected chi connectivity index (χ1v) is 4.83. The third kappa shape index (κ3) is 1.53. The number of nitrogens with one attached hydrogen (secondary N) is 1. The zero-order valence-corrected chi connectivity index (χ0v) is 8.89. The van der Waals surface area contributed by atoms with Crippen molar-refractivity contribution < 1.29 is 0 Å². The number of rotatable bonds is 1. The fourth-order valence-corrected chi connectivity index (χ4v) is 1.71. The molecule has 1 aromatic heterocycles. The van der Waals surface area contributed by atoms with Gasteiger partial charge in [0.1, 0.15) is 0 Å². The summed E-state index contributed by atoms with van der Waals surface area (Å²) in [6.45, 7) is 1.98. The van der Waals surface area contributed by atoms with E-state index in [9.17, 15) is 0 Å². The minimum Gasteiger partial charge on any atom is -0.388 e. The molecule has 3 heteroatoms. The molecule has 0 saturated heterocycles. The minimum atomic E-state index is 0.736. The first kappa shape index (κ1) is 9.28. The van der Waals surface area contributed by atoms with Crippen molar-refractivity contribution in [1.29, 1.82) is 0 Å². The Hall–Kier alpha value is -1.28. The van der Waals surface area contributed by atoms with Crippen LogP contribution in [0.5, 0.6) is 0 Å². The highest BCUT2D eigenvalue weighted by atomic mass is 35.5. The van der Waals surface area contributed by atoms with Gasteiger partial charge in [-0.15, -0.1) is 0 Å². The molecule has 0 atom stereocenters. The van der Waals surface area contributed by atoms with Gasteiger partial charge < -0.3 is 5.32 Å². The number of fused-ring (bicyclic) bond motifs is 1. The predicted octanol–water partition coefficient (Wildman–Crippen LogP) is 3.24. The number of nitrogens with zero attached hydrogens (tertiary/aromatic N) is 1. The molecule has 14 heavy (non-hydrogen) atoms. The van der Waals surface area contributed by atoms with Crippen LogP contribution in [0.25, 0.3) is 10.9 Å². The zero-order valence-electron chi connectivity index (χ0n) is 8.13. The Labute approximate surface area is 87.9 Å². The van der Waals surface area contributed by atoms with Gasteiger partial charge in [-0.1, -0.05) is 11.6 Å². The molecule has 1 aromatic carbocycles. The van der Waals surface area contributed by atoms with Crippen LogP contribution >= 0.6 is 11.6 Å². The van der Waals surface area contributed by atoms with E-state index in [4.69, 9.17) is 11.6 Å². The number of halogens is 1. The SMILES string of the molecule is CNc1cc(C)nc2ccc(Cl)cc12. The van der Waals surface area contributed by atoms with Crippen LogP contribution in [0.4, 0.5) is 5.69 Å². The average Bonchev–Trinajstić information content (AvgIpc) is 2.17. The first-order valence-electron chi connectivity index (χ1n) is 4.45.